The van der Waals surface area contributed by atoms with Gasteiger partial charge >= 0.3 is 0 Å². The quantitative estimate of drug-likeness (QED) is 0.560. The van der Waals surface area contributed by atoms with Crippen LogP contribution in [0, 0.1) is 5.92 Å². The van der Waals surface area contributed by atoms with E-state index in [1.807, 2.05) is 26.8 Å². The lowest BCUT2D eigenvalue weighted by Crippen LogP contribution is -2.40. The molecule has 0 atom stereocenters. The zero-order valence-corrected chi connectivity index (χ0v) is 19.2. The average Bonchev–Trinajstić information content (AvgIpc) is 2.61. The highest BCUT2D eigenvalue weighted by molar-refractivity contribution is 9.10. The molecule has 0 aromatic heterocycles. The number of anilines is 1. The van der Waals surface area contributed by atoms with Gasteiger partial charge in [0.15, 0.2) is 0 Å². The molecular formula is C23H29BrN2O3. The Morgan fingerprint density at radius 2 is 1.72 bits per heavy atom. The Balaban J connectivity index is 2.25. The standard InChI is InChI=1S/C23H29BrN2O3/c1-15(2)12-13-29-20-11-10-16(24)14-18(20)21(27)25-19-9-7-6-8-17(19)22(28)26-23(3,4)5/h6-11,14-15H,12-13H2,1-5H3,(H,25,27)(H,26,28). The molecular weight excluding hydrogens is 432 g/mol. The Bertz CT molecular complexity index is 873. The van der Waals surface area contributed by atoms with Gasteiger partial charge in [-0.25, -0.2) is 0 Å². The number of para-hydroxylation sites is 1. The van der Waals surface area contributed by atoms with Crippen LogP contribution in [0.2, 0.25) is 0 Å². The molecule has 29 heavy (non-hydrogen) atoms. The molecule has 0 spiro atoms. The number of carbonyl (C=O) groups excluding carboxylic acids is 2. The molecule has 2 aromatic carbocycles. The largest absolute Gasteiger partial charge is 0.493 e. The van der Waals surface area contributed by atoms with Gasteiger partial charge in [-0.05, 0) is 63.4 Å². The number of nitrogens with one attached hydrogen (secondary N) is 2. The van der Waals surface area contributed by atoms with Crippen LogP contribution in [-0.2, 0) is 0 Å². The molecule has 0 unspecified atom stereocenters. The van der Waals surface area contributed by atoms with Crippen molar-refractivity contribution >= 4 is 33.4 Å². The van der Waals surface area contributed by atoms with Crippen LogP contribution in [0.15, 0.2) is 46.9 Å². The first-order valence-corrected chi connectivity index (χ1v) is 10.5. The summed E-state index contributed by atoms with van der Waals surface area (Å²) in [5.41, 5.74) is 0.894. The lowest BCUT2D eigenvalue weighted by molar-refractivity contribution is 0.0920. The lowest BCUT2D eigenvalue weighted by atomic mass is 10.1. The van der Waals surface area contributed by atoms with Gasteiger partial charge in [0.1, 0.15) is 5.75 Å². The van der Waals surface area contributed by atoms with E-state index in [-0.39, 0.29) is 17.4 Å². The third kappa shape index (κ3) is 7.20. The topological polar surface area (TPSA) is 67.4 Å². The van der Waals surface area contributed by atoms with Gasteiger partial charge < -0.3 is 15.4 Å². The Morgan fingerprint density at radius 1 is 1.03 bits per heavy atom. The molecule has 0 saturated heterocycles. The zero-order valence-electron chi connectivity index (χ0n) is 17.6. The van der Waals surface area contributed by atoms with Crippen LogP contribution in [0.4, 0.5) is 5.69 Å². The van der Waals surface area contributed by atoms with Crippen molar-refractivity contribution in [2.24, 2.45) is 5.92 Å². The Kier molecular flexibility index (Phi) is 7.85. The SMILES string of the molecule is CC(C)CCOc1ccc(Br)cc1C(=O)Nc1ccccc1C(=O)NC(C)(C)C. The molecule has 0 aliphatic carbocycles. The maximum absolute atomic E-state index is 13.0. The molecule has 0 fully saturated rings. The summed E-state index contributed by atoms with van der Waals surface area (Å²) in [6.07, 6.45) is 0.896. The minimum absolute atomic E-state index is 0.240. The van der Waals surface area contributed by atoms with Gasteiger partial charge in [-0.1, -0.05) is 41.9 Å². The van der Waals surface area contributed by atoms with Crippen molar-refractivity contribution in [2.75, 3.05) is 11.9 Å². The smallest absolute Gasteiger partial charge is 0.259 e. The lowest BCUT2D eigenvalue weighted by Gasteiger charge is -2.21. The monoisotopic (exact) mass is 460 g/mol. The van der Waals surface area contributed by atoms with E-state index < -0.39 is 0 Å². The molecule has 2 rings (SSSR count). The number of hydrogen-bond acceptors (Lipinski definition) is 3. The minimum Gasteiger partial charge on any atom is -0.493 e. The Hall–Kier alpha value is -2.34. The molecule has 0 saturated carbocycles. The zero-order chi connectivity index (χ0) is 21.6. The van der Waals surface area contributed by atoms with Crippen LogP contribution in [0.1, 0.15) is 61.8 Å². The Morgan fingerprint density at radius 3 is 2.38 bits per heavy atom. The van der Waals surface area contributed by atoms with Crippen LogP contribution in [0.3, 0.4) is 0 Å². The molecule has 2 N–H and O–H groups in total. The van der Waals surface area contributed by atoms with E-state index in [4.69, 9.17) is 4.74 Å². The fourth-order valence-electron chi connectivity index (χ4n) is 2.60. The fraction of sp³-hybridized carbons (Fsp3) is 0.391. The highest BCUT2D eigenvalue weighted by Crippen LogP contribution is 2.26. The van der Waals surface area contributed by atoms with Crippen molar-refractivity contribution < 1.29 is 14.3 Å². The van der Waals surface area contributed by atoms with E-state index in [9.17, 15) is 9.59 Å². The summed E-state index contributed by atoms with van der Waals surface area (Å²) >= 11 is 3.41. The average molecular weight is 461 g/mol. The summed E-state index contributed by atoms with van der Waals surface area (Å²) in [5, 5.41) is 5.79. The maximum Gasteiger partial charge on any atom is 0.259 e. The van der Waals surface area contributed by atoms with Crippen molar-refractivity contribution in [1.29, 1.82) is 0 Å². The van der Waals surface area contributed by atoms with Crippen LogP contribution < -0.4 is 15.4 Å². The summed E-state index contributed by atoms with van der Waals surface area (Å²) in [7, 11) is 0. The van der Waals surface area contributed by atoms with Crippen LogP contribution in [0.5, 0.6) is 5.75 Å². The van der Waals surface area contributed by atoms with Crippen molar-refractivity contribution in [2.45, 2.75) is 46.6 Å². The van der Waals surface area contributed by atoms with Gasteiger partial charge in [-0.3, -0.25) is 9.59 Å². The third-order valence-electron chi connectivity index (χ3n) is 4.05. The van der Waals surface area contributed by atoms with Crippen molar-refractivity contribution in [3.63, 3.8) is 0 Å². The van der Waals surface area contributed by atoms with E-state index in [2.05, 4.69) is 40.4 Å². The van der Waals surface area contributed by atoms with Crippen LogP contribution >= 0.6 is 15.9 Å². The second kappa shape index (κ2) is 9.92. The molecule has 0 aliphatic heterocycles. The number of rotatable bonds is 7. The number of carbonyl (C=O) groups is 2. The first kappa shape index (κ1) is 22.9. The molecule has 0 heterocycles. The summed E-state index contributed by atoms with van der Waals surface area (Å²) in [6, 6.07) is 12.3. The van der Waals surface area contributed by atoms with E-state index >= 15 is 0 Å². The predicted octanol–water partition coefficient (Wildman–Crippen LogP) is 5.65. The van der Waals surface area contributed by atoms with Gasteiger partial charge in [0.05, 0.1) is 23.4 Å². The number of hydrogen-bond donors (Lipinski definition) is 2. The van der Waals surface area contributed by atoms with E-state index in [0.29, 0.717) is 35.1 Å². The highest BCUT2D eigenvalue weighted by Gasteiger charge is 2.20. The third-order valence-corrected chi connectivity index (χ3v) is 4.54. The van der Waals surface area contributed by atoms with Gasteiger partial charge in [-0.15, -0.1) is 0 Å². The van der Waals surface area contributed by atoms with Gasteiger partial charge in [0.25, 0.3) is 11.8 Å². The summed E-state index contributed by atoms with van der Waals surface area (Å²) in [6.45, 7) is 10.5. The maximum atomic E-state index is 13.0. The fourth-order valence-corrected chi connectivity index (χ4v) is 2.96. The van der Waals surface area contributed by atoms with Gasteiger partial charge in [-0.2, -0.15) is 0 Å². The normalized spacial score (nSPS) is 11.3. The van der Waals surface area contributed by atoms with E-state index in [0.717, 1.165) is 10.9 Å². The molecule has 156 valence electrons. The summed E-state index contributed by atoms with van der Waals surface area (Å²) < 4.78 is 6.62. The van der Waals surface area contributed by atoms with Gasteiger partial charge in [0.2, 0.25) is 0 Å². The van der Waals surface area contributed by atoms with E-state index in [1.165, 1.54) is 0 Å². The molecule has 2 aromatic rings. The van der Waals surface area contributed by atoms with Crippen molar-refractivity contribution in [3.8, 4) is 5.75 Å². The highest BCUT2D eigenvalue weighted by atomic mass is 79.9. The minimum atomic E-state index is -0.379. The van der Waals surface area contributed by atoms with Gasteiger partial charge in [0, 0.05) is 10.0 Å². The van der Waals surface area contributed by atoms with Crippen LogP contribution in [0.25, 0.3) is 0 Å². The Labute approximate surface area is 181 Å². The second-order valence-electron chi connectivity index (χ2n) is 8.38. The first-order valence-electron chi connectivity index (χ1n) is 9.72. The molecule has 5 nitrogen and oxygen atoms in total. The number of ether oxygens (including phenoxy) is 1. The molecule has 0 aliphatic rings. The van der Waals surface area contributed by atoms with Crippen LogP contribution in [-0.4, -0.2) is 24.0 Å². The molecule has 2 amide bonds. The number of amides is 2. The molecule has 0 bridgehead atoms. The predicted molar refractivity (Wildman–Crippen MR) is 121 cm³/mol. The van der Waals surface area contributed by atoms with Crippen molar-refractivity contribution in [1.82, 2.24) is 5.32 Å². The molecule has 6 heteroatoms. The number of benzene rings is 2. The first-order chi connectivity index (χ1) is 13.6. The molecule has 0 radical (unpaired) electrons. The summed E-state index contributed by atoms with van der Waals surface area (Å²) in [5.74, 6) is 0.455. The summed E-state index contributed by atoms with van der Waals surface area (Å²) in [4.78, 5) is 25.6. The van der Waals surface area contributed by atoms with E-state index in [1.54, 1.807) is 36.4 Å². The number of halogens is 1. The van der Waals surface area contributed by atoms with Crippen molar-refractivity contribution in [3.05, 3.63) is 58.1 Å². The second-order valence-corrected chi connectivity index (χ2v) is 9.29.